The Kier molecular flexibility index (Phi) is 5.14. The summed E-state index contributed by atoms with van der Waals surface area (Å²) in [6.07, 6.45) is 7.36. The normalized spacial score (nSPS) is 13.8. The lowest BCUT2D eigenvalue weighted by molar-refractivity contribution is 0.456. The molecule has 0 fully saturated rings. The first-order valence-corrected chi connectivity index (χ1v) is 7.76. The van der Waals surface area contributed by atoms with Crippen molar-refractivity contribution in [2.45, 2.75) is 43.7 Å². The minimum Gasteiger partial charge on any atom is -0.317 e. The summed E-state index contributed by atoms with van der Waals surface area (Å²) in [5.74, 6) is 0. The van der Waals surface area contributed by atoms with Gasteiger partial charge in [-0.05, 0) is 26.3 Å². The SMILES string of the molecule is CCC(CCCn1cc(S(C)(=O)=O)cn1)NC. The maximum atomic E-state index is 11.3. The van der Waals surface area contributed by atoms with Crippen LogP contribution in [0.1, 0.15) is 26.2 Å². The number of nitrogens with one attached hydrogen (secondary N) is 1. The zero-order chi connectivity index (χ0) is 12.9. The average Bonchev–Trinajstić information content (AvgIpc) is 2.73. The molecule has 0 aromatic carbocycles. The Balaban J connectivity index is 2.46. The molecule has 0 aliphatic carbocycles. The van der Waals surface area contributed by atoms with E-state index < -0.39 is 9.84 Å². The van der Waals surface area contributed by atoms with Crippen molar-refractivity contribution in [1.29, 1.82) is 0 Å². The quantitative estimate of drug-likeness (QED) is 0.795. The van der Waals surface area contributed by atoms with Crippen molar-refractivity contribution in [2.24, 2.45) is 0 Å². The molecule has 1 unspecified atom stereocenters. The molecule has 0 bridgehead atoms. The first kappa shape index (κ1) is 14.2. The molecule has 1 atom stereocenters. The van der Waals surface area contributed by atoms with Crippen LogP contribution in [0, 0.1) is 0 Å². The second kappa shape index (κ2) is 6.16. The van der Waals surface area contributed by atoms with E-state index in [-0.39, 0.29) is 4.90 Å². The molecule has 0 aliphatic heterocycles. The highest BCUT2D eigenvalue weighted by Gasteiger charge is 2.10. The number of aromatic nitrogens is 2. The van der Waals surface area contributed by atoms with Gasteiger partial charge in [-0.3, -0.25) is 4.68 Å². The molecule has 0 amide bonds. The lowest BCUT2D eigenvalue weighted by Crippen LogP contribution is -2.24. The predicted molar refractivity (Wildman–Crippen MR) is 67.7 cm³/mol. The molecule has 1 aromatic rings. The average molecular weight is 259 g/mol. The number of rotatable bonds is 7. The van der Waals surface area contributed by atoms with Crippen LogP contribution in [0.3, 0.4) is 0 Å². The van der Waals surface area contributed by atoms with Gasteiger partial charge in [0.25, 0.3) is 0 Å². The van der Waals surface area contributed by atoms with Gasteiger partial charge in [-0.25, -0.2) is 8.42 Å². The smallest absolute Gasteiger partial charge is 0.178 e. The molecule has 5 nitrogen and oxygen atoms in total. The topological polar surface area (TPSA) is 64.0 Å². The van der Waals surface area contributed by atoms with Crippen LogP contribution in [0.25, 0.3) is 0 Å². The molecule has 1 aromatic heterocycles. The van der Waals surface area contributed by atoms with Gasteiger partial charge in [0.15, 0.2) is 9.84 Å². The molecule has 1 heterocycles. The van der Waals surface area contributed by atoms with Crippen molar-refractivity contribution in [3.05, 3.63) is 12.4 Å². The fourth-order valence-electron chi connectivity index (χ4n) is 1.71. The van der Waals surface area contributed by atoms with Gasteiger partial charge in [-0.2, -0.15) is 5.10 Å². The summed E-state index contributed by atoms with van der Waals surface area (Å²) in [7, 11) is -1.17. The van der Waals surface area contributed by atoms with E-state index in [9.17, 15) is 8.42 Å². The summed E-state index contributed by atoms with van der Waals surface area (Å²) in [6.45, 7) is 2.91. The summed E-state index contributed by atoms with van der Waals surface area (Å²) in [4.78, 5) is 0.290. The van der Waals surface area contributed by atoms with Crippen molar-refractivity contribution in [3.8, 4) is 0 Å². The van der Waals surface area contributed by atoms with Crippen molar-refractivity contribution in [1.82, 2.24) is 15.1 Å². The van der Waals surface area contributed by atoms with Crippen molar-refractivity contribution >= 4 is 9.84 Å². The van der Waals surface area contributed by atoms with E-state index in [0.717, 1.165) is 25.8 Å². The standard InChI is InChI=1S/C11H21N3O2S/c1-4-10(12-2)6-5-7-14-9-11(8-13-14)17(3,15)16/h8-10,12H,4-7H2,1-3H3. The lowest BCUT2D eigenvalue weighted by atomic mass is 10.1. The van der Waals surface area contributed by atoms with E-state index in [2.05, 4.69) is 17.3 Å². The van der Waals surface area contributed by atoms with Gasteiger partial charge in [-0.1, -0.05) is 6.92 Å². The van der Waals surface area contributed by atoms with E-state index in [0.29, 0.717) is 6.04 Å². The summed E-state index contributed by atoms with van der Waals surface area (Å²) in [5, 5.41) is 7.29. The highest BCUT2D eigenvalue weighted by Crippen LogP contribution is 2.08. The van der Waals surface area contributed by atoms with E-state index >= 15 is 0 Å². The molecule has 1 rings (SSSR count). The Morgan fingerprint density at radius 1 is 1.53 bits per heavy atom. The van der Waals surface area contributed by atoms with Gasteiger partial charge >= 0.3 is 0 Å². The zero-order valence-corrected chi connectivity index (χ0v) is 11.5. The zero-order valence-electron chi connectivity index (χ0n) is 10.7. The van der Waals surface area contributed by atoms with E-state index in [1.165, 1.54) is 12.5 Å². The molecule has 17 heavy (non-hydrogen) atoms. The number of nitrogens with zero attached hydrogens (tertiary/aromatic N) is 2. The third kappa shape index (κ3) is 4.47. The van der Waals surface area contributed by atoms with Crippen LogP contribution in [0.4, 0.5) is 0 Å². The van der Waals surface area contributed by atoms with Crippen LogP contribution in [0.5, 0.6) is 0 Å². The molecule has 0 saturated carbocycles. The molecular formula is C11H21N3O2S. The molecule has 1 N–H and O–H groups in total. The van der Waals surface area contributed by atoms with Crippen LogP contribution in [0.2, 0.25) is 0 Å². The maximum absolute atomic E-state index is 11.3. The Morgan fingerprint density at radius 3 is 2.71 bits per heavy atom. The van der Waals surface area contributed by atoms with Crippen LogP contribution >= 0.6 is 0 Å². The highest BCUT2D eigenvalue weighted by atomic mass is 32.2. The highest BCUT2D eigenvalue weighted by molar-refractivity contribution is 7.90. The monoisotopic (exact) mass is 259 g/mol. The van der Waals surface area contributed by atoms with Gasteiger partial charge < -0.3 is 5.32 Å². The number of hydrogen-bond donors (Lipinski definition) is 1. The van der Waals surface area contributed by atoms with E-state index in [4.69, 9.17) is 0 Å². The Labute approximate surface area is 103 Å². The fourth-order valence-corrected chi connectivity index (χ4v) is 2.26. The Hall–Kier alpha value is -0.880. The van der Waals surface area contributed by atoms with Crippen LogP contribution in [-0.2, 0) is 16.4 Å². The second-order valence-electron chi connectivity index (χ2n) is 4.25. The summed E-state index contributed by atoms with van der Waals surface area (Å²) < 4.78 is 24.2. The van der Waals surface area contributed by atoms with Crippen molar-refractivity contribution < 1.29 is 8.42 Å². The molecule has 0 aliphatic rings. The second-order valence-corrected chi connectivity index (χ2v) is 6.26. The Bertz CT molecular complexity index is 435. The number of sulfone groups is 1. The first-order chi connectivity index (χ1) is 7.97. The third-order valence-electron chi connectivity index (χ3n) is 2.88. The van der Waals surface area contributed by atoms with Crippen LogP contribution in [-0.4, -0.2) is 37.5 Å². The van der Waals surface area contributed by atoms with Gasteiger partial charge in [0.1, 0.15) is 4.90 Å². The van der Waals surface area contributed by atoms with Gasteiger partial charge in [0, 0.05) is 25.0 Å². The van der Waals surface area contributed by atoms with Crippen LogP contribution < -0.4 is 5.32 Å². The fraction of sp³-hybridized carbons (Fsp3) is 0.727. The predicted octanol–water partition coefficient (Wildman–Crippen LogP) is 1.06. The molecular weight excluding hydrogens is 238 g/mol. The third-order valence-corrected chi connectivity index (χ3v) is 3.95. The molecule has 0 spiro atoms. The molecule has 0 saturated heterocycles. The number of aryl methyl sites for hydroxylation is 1. The minimum atomic E-state index is -3.13. The molecule has 0 radical (unpaired) electrons. The lowest BCUT2D eigenvalue weighted by Gasteiger charge is -2.12. The summed E-state index contributed by atoms with van der Waals surface area (Å²) >= 11 is 0. The molecule has 6 heteroatoms. The minimum absolute atomic E-state index is 0.290. The van der Waals surface area contributed by atoms with Crippen molar-refractivity contribution in [3.63, 3.8) is 0 Å². The van der Waals surface area contributed by atoms with Gasteiger partial charge in [-0.15, -0.1) is 0 Å². The van der Waals surface area contributed by atoms with Crippen LogP contribution in [0.15, 0.2) is 17.3 Å². The number of hydrogen-bond acceptors (Lipinski definition) is 4. The summed E-state index contributed by atoms with van der Waals surface area (Å²) in [5.41, 5.74) is 0. The largest absolute Gasteiger partial charge is 0.317 e. The van der Waals surface area contributed by atoms with E-state index in [1.807, 2.05) is 7.05 Å². The van der Waals surface area contributed by atoms with Gasteiger partial charge in [0.2, 0.25) is 0 Å². The Morgan fingerprint density at radius 2 is 2.24 bits per heavy atom. The molecule has 98 valence electrons. The van der Waals surface area contributed by atoms with Crippen molar-refractivity contribution in [2.75, 3.05) is 13.3 Å². The summed E-state index contributed by atoms with van der Waals surface area (Å²) in [6, 6.07) is 0.528. The van der Waals surface area contributed by atoms with E-state index in [1.54, 1.807) is 10.9 Å². The first-order valence-electron chi connectivity index (χ1n) is 5.87. The maximum Gasteiger partial charge on any atom is 0.178 e. The van der Waals surface area contributed by atoms with Gasteiger partial charge in [0.05, 0.1) is 6.20 Å².